The number of hydrogen-bond donors (Lipinski definition) is 1. The van der Waals surface area contributed by atoms with Gasteiger partial charge in [0.25, 0.3) is 5.69 Å². The van der Waals surface area contributed by atoms with Gasteiger partial charge in [0.1, 0.15) is 18.0 Å². The van der Waals surface area contributed by atoms with Crippen molar-refractivity contribution in [1.82, 2.24) is 5.43 Å². The lowest BCUT2D eigenvalue weighted by molar-refractivity contribution is -0.384. The number of benzene rings is 3. The molecule has 0 aliphatic carbocycles. The third kappa shape index (κ3) is 5.64. The molecule has 0 spiro atoms. The molecular weight excluding hydrogens is 525 g/mol. The molecule has 178 valence electrons. The zero-order chi connectivity index (χ0) is 24.9. The first-order valence-electron chi connectivity index (χ1n) is 10.1. The third-order valence-electron chi connectivity index (χ3n) is 4.86. The van der Waals surface area contributed by atoms with Crippen molar-refractivity contribution in [2.45, 2.75) is 6.61 Å². The summed E-state index contributed by atoms with van der Waals surface area (Å²) in [7, 11) is 1.49. The molecule has 4 rings (SSSR count). The standard InChI is InChI=1S/C24H17BrFN3O6/c1-33-21-9-15(8-19(25)23(21)34-13-14-2-4-17(26)5-3-14)12-27-28-24(30)22-11-16-10-18(29(31)32)6-7-20(16)35-22/h2-12H,13H2,1H3,(H,28,30)/b27-12+. The summed E-state index contributed by atoms with van der Waals surface area (Å²) in [5.74, 6) is -0.110. The van der Waals surface area contributed by atoms with Crippen LogP contribution < -0.4 is 14.9 Å². The Labute approximate surface area is 206 Å². The Hall–Kier alpha value is -4.25. The van der Waals surface area contributed by atoms with Crippen molar-refractivity contribution in [2.75, 3.05) is 7.11 Å². The Bertz CT molecular complexity index is 1440. The molecule has 0 aliphatic rings. The van der Waals surface area contributed by atoms with E-state index in [1.165, 1.54) is 49.7 Å². The van der Waals surface area contributed by atoms with E-state index >= 15 is 0 Å². The highest BCUT2D eigenvalue weighted by Gasteiger charge is 2.15. The molecule has 0 bridgehead atoms. The van der Waals surface area contributed by atoms with E-state index in [1.54, 1.807) is 24.3 Å². The second kappa shape index (κ2) is 10.3. The number of hydrazone groups is 1. The highest BCUT2D eigenvalue weighted by molar-refractivity contribution is 9.10. The first kappa shape index (κ1) is 23.9. The summed E-state index contributed by atoms with van der Waals surface area (Å²) in [5, 5.41) is 15.3. The van der Waals surface area contributed by atoms with E-state index in [0.717, 1.165) is 5.56 Å². The van der Waals surface area contributed by atoms with Gasteiger partial charge in [0.15, 0.2) is 17.3 Å². The topological polar surface area (TPSA) is 116 Å². The molecule has 11 heteroatoms. The molecule has 0 saturated carbocycles. The fourth-order valence-corrected chi connectivity index (χ4v) is 3.74. The Morgan fingerprint density at radius 1 is 1.20 bits per heavy atom. The number of furan rings is 1. The van der Waals surface area contributed by atoms with Crippen molar-refractivity contribution in [3.8, 4) is 11.5 Å². The molecule has 0 radical (unpaired) electrons. The molecule has 0 atom stereocenters. The molecule has 1 aromatic heterocycles. The van der Waals surface area contributed by atoms with Crippen LogP contribution >= 0.6 is 15.9 Å². The fourth-order valence-electron chi connectivity index (χ4n) is 3.17. The zero-order valence-corrected chi connectivity index (χ0v) is 19.7. The lowest BCUT2D eigenvalue weighted by Gasteiger charge is -2.13. The smallest absolute Gasteiger partial charge is 0.307 e. The van der Waals surface area contributed by atoms with Crippen molar-refractivity contribution in [2.24, 2.45) is 5.10 Å². The Kier molecular flexibility index (Phi) is 7.06. The number of ether oxygens (including phenoxy) is 2. The van der Waals surface area contributed by atoms with Gasteiger partial charge < -0.3 is 13.9 Å². The van der Waals surface area contributed by atoms with Gasteiger partial charge in [-0.05, 0) is 63.5 Å². The Morgan fingerprint density at radius 2 is 1.97 bits per heavy atom. The van der Waals surface area contributed by atoms with Gasteiger partial charge in [0, 0.05) is 17.5 Å². The SMILES string of the molecule is COc1cc(/C=N/NC(=O)c2cc3cc([N+](=O)[O-])ccc3o2)cc(Br)c1OCc1ccc(F)cc1. The zero-order valence-electron chi connectivity index (χ0n) is 18.2. The van der Waals surface area contributed by atoms with Crippen LogP contribution in [-0.2, 0) is 6.61 Å². The Morgan fingerprint density at radius 3 is 2.69 bits per heavy atom. The summed E-state index contributed by atoms with van der Waals surface area (Å²) < 4.78 is 30.3. The number of carbonyl (C=O) groups is 1. The molecule has 0 fully saturated rings. The van der Waals surface area contributed by atoms with Gasteiger partial charge >= 0.3 is 5.91 Å². The van der Waals surface area contributed by atoms with Gasteiger partial charge in [0.05, 0.1) is 22.7 Å². The highest BCUT2D eigenvalue weighted by atomic mass is 79.9. The number of halogens is 2. The molecule has 1 heterocycles. The lowest BCUT2D eigenvalue weighted by Crippen LogP contribution is -2.16. The van der Waals surface area contributed by atoms with Crippen molar-refractivity contribution < 1.29 is 28.0 Å². The molecule has 0 aliphatic heterocycles. The number of nitrogens with one attached hydrogen (secondary N) is 1. The van der Waals surface area contributed by atoms with Crippen LogP contribution in [0.1, 0.15) is 21.7 Å². The third-order valence-corrected chi connectivity index (χ3v) is 5.45. The number of fused-ring (bicyclic) bond motifs is 1. The van der Waals surface area contributed by atoms with Crippen molar-refractivity contribution in [3.63, 3.8) is 0 Å². The van der Waals surface area contributed by atoms with E-state index in [1.807, 2.05) is 0 Å². The minimum atomic E-state index is -0.620. The molecule has 9 nitrogen and oxygen atoms in total. The van der Waals surface area contributed by atoms with Gasteiger partial charge in [0.2, 0.25) is 0 Å². The molecule has 1 N–H and O–H groups in total. The maximum atomic E-state index is 13.1. The minimum absolute atomic E-state index is 0.0408. The quantitative estimate of drug-likeness (QED) is 0.176. The minimum Gasteiger partial charge on any atom is -0.493 e. The van der Waals surface area contributed by atoms with Gasteiger partial charge in [-0.2, -0.15) is 5.10 Å². The first-order chi connectivity index (χ1) is 16.8. The average Bonchev–Trinajstić information content (AvgIpc) is 3.27. The number of rotatable bonds is 8. The number of nitro groups is 1. The van der Waals surface area contributed by atoms with E-state index in [4.69, 9.17) is 13.9 Å². The normalized spacial score (nSPS) is 11.1. The van der Waals surface area contributed by atoms with Crippen LogP contribution in [0.5, 0.6) is 11.5 Å². The number of non-ortho nitro benzene ring substituents is 1. The molecule has 3 aromatic carbocycles. The maximum absolute atomic E-state index is 13.1. The highest BCUT2D eigenvalue weighted by Crippen LogP contribution is 2.37. The predicted octanol–water partition coefficient (Wildman–Crippen LogP) is 5.59. The van der Waals surface area contributed by atoms with Crippen molar-refractivity contribution in [1.29, 1.82) is 0 Å². The number of hydrogen-bond acceptors (Lipinski definition) is 7. The summed E-state index contributed by atoms with van der Waals surface area (Å²) in [4.78, 5) is 22.8. The second-order valence-electron chi connectivity index (χ2n) is 7.24. The molecule has 0 unspecified atom stereocenters. The fraction of sp³-hybridized carbons (Fsp3) is 0.0833. The summed E-state index contributed by atoms with van der Waals surface area (Å²) in [6.07, 6.45) is 1.41. The monoisotopic (exact) mass is 541 g/mol. The van der Waals surface area contributed by atoms with Crippen molar-refractivity contribution >= 4 is 44.7 Å². The molecule has 0 saturated heterocycles. The molecular formula is C24H17BrFN3O6. The van der Waals surface area contributed by atoms with Crippen LogP contribution in [0.2, 0.25) is 0 Å². The van der Waals surface area contributed by atoms with E-state index in [-0.39, 0.29) is 23.9 Å². The van der Waals surface area contributed by atoms with Crippen LogP contribution in [0.3, 0.4) is 0 Å². The molecule has 4 aromatic rings. The number of nitro benzene ring substituents is 1. The maximum Gasteiger partial charge on any atom is 0.307 e. The van der Waals surface area contributed by atoms with Gasteiger partial charge in [-0.3, -0.25) is 14.9 Å². The summed E-state index contributed by atoms with van der Waals surface area (Å²) >= 11 is 3.44. The number of amides is 1. The lowest BCUT2D eigenvalue weighted by atomic mass is 10.2. The average molecular weight is 542 g/mol. The predicted molar refractivity (Wildman–Crippen MR) is 129 cm³/mol. The number of methoxy groups -OCH3 is 1. The van der Waals surface area contributed by atoms with Crippen LogP contribution in [0, 0.1) is 15.9 Å². The second-order valence-corrected chi connectivity index (χ2v) is 8.09. The van der Waals surface area contributed by atoms with Crippen LogP contribution in [0.25, 0.3) is 11.0 Å². The number of carbonyl (C=O) groups excluding carboxylic acids is 1. The van der Waals surface area contributed by atoms with E-state index in [9.17, 15) is 19.3 Å². The van der Waals surface area contributed by atoms with Crippen LogP contribution in [-0.4, -0.2) is 24.2 Å². The largest absolute Gasteiger partial charge is 0.493 e. The van der Waals surface area contributed by atoms with Gasteiger partial charge in [-0.25, -0.2) is 9.82 Å². The van der Waals surface area contributed by atoms with E-state index < -0.39 is 10.8 Å². The number of nitrogens with zero attached hydrogens (tertiary/aromatic N) is 2. The van der Waals surface area contributed by atoms with Crippen molar-refractivity contribution in [3.05, 3.63) is 98.0 Å². The summed E-state index contributed by atoms with van der Waals surface area (Å²) in [5.41, 5.74) is 3.98. The molecule has 35 heavy (non-hydrogen) atoms. The van der Waals surface area contributed by atoms with E-state index in [2.05, 4.69) is 26.5 Å². The Balaban J connectivity index is 1.44. The van der Waals surface area contributed by atoms with E-state index in [0.29, 0.717) is 32.5 Å². The summed E-state index contributed by atoms with van der Waals surface area (Å²) in [6, 6.07) is 14.8. The van der Waals surface area contributed by atoms with Gasteiger partial charge in [-0.1, -0.05) is 12.1 Å². The summed E-state index contributed by atoms with van der Waals surface area (Å²) in [6.45, 7) is 0.208. The first-order valence-corrected chi connectivity index (χ1v) is 10.9. The van der Waals surface area contributed by atoms with Crippen LogP contribution in [0.4, 0.5) is 10.1 Å². The van der Waals surface area contributed by atoms with Crippen LogP contribution in [0.15, 0.2) is 74.7 Å². The molecule has 1 amide bonds. The van der Waals surface area contributed by atoms with Gasteiger partial charge in [-0.15, -0.1) is 0 Å².